The van der Waals surface area contributed by atoms with Gasteiger partial charge >= 0.3 is 0 Å². The van der Waals surface area contributed by atoms with Gasteiger partial charge in [-0.2, -0.15) is 0 Å². The Morgan fingerprint density at radius 2 is 2.00 bits per heavy atom. The second kappa shape index (κ2) is 6.13. The highest BCUT2D eigenvalue weighted by Crippen LogP contribution is 2.55. The van der Waals surface area contributed by atoms with E-state index in [0.717, 1.165) is 31.1 Å². The molecule has 0 amide bonds. The molecule has 1 aliphatic heterocycles. The van der Waals surface area contributed by atoms with E-state index in [0.29, 0.717) is 22.8 Å². The summed E-state index contributed by atoms with van der Waals surface area (Å²) in [5.74, 6) is 2.39. The summed E-state index contributed by atoms with van der Waals surface area (Å²) in [5.41, 5.74) is 8.29. The number of anilines is 4. The molecule has 6 nitrogen and oxygen atoms in total. The molecule has 2 unspecified atom stereocenters. The maximum atomic E-state index is 6.14. The topological polar surface area (TPSA) is 79.1 Å². The molecule has 4 rings (SSSR count). The number of nitrogens with one attached hydrogen (secondary N) is 2. The fourth-order valence-electron chi connectivity index (χ4n) is 4.23. The minimum atomic E-state index is 0.234. The quantitative estimate of drug-likeness (QED) is 0.788. The Hall–Kier alpha value is -2.34. The van der Waals surface area contributed by atoms with Gasteiger partial charge in [0.25, 0.3) is 0 Å². The average Bonchev–Trinajstić information content (AvgIpc) is 3.31. The van der Waals surface area contributed by atoms with E-state index < -0.39 is 0 Å². The third-order valence-electron chi connectivity index (χ3n) is 5.63. The molecule has 2 aliphatic rings. The molecule has 4 N–H and O–H groups in total. The molecule has 1 aliphatic carbocycles. The normalized spacial score (nSPS) is 25.3. The first kappa shape index (κ1) is 17.1. The summed E-state index contributed by atoms with van der Waals surface area (Å²) < 4.78 is 0. The molecule has 1 saturated heterocycles. The van der Waals surface area contributed by atoms with E-state index in [-0.39, 0.29) is 5.54 Å². The van der Waals surface area contributed by atoms with Gasteiger partial charge in [0.2, 0.25) is 0 Å². The lowest BCUT2D eigenvalue weighted by Crippen LogP contribution is -2.54. The van der Waals surface area contributed by atoms with E-state index in [1.807, 2.05) is 24.3 Å². The first-order chi connectivity index (χ1) is 12.4. The van der Waals surface area contributed by atoms with Crippen molar-refractivity contribution in [3.63, 3.8) is 0 Å². The minimum absolute atomic E-state index is 0.234. The van der Waals surface area contributed by atoms with Crippen molar-refractivity contribution >= 4 is 23.0 Å². The fourth-order valence-corrected chi connectivity index (χ4v) is 4.23. The van der Waals surface area contributed by atoms with Crippen LogP contribution in [0.2, 0.25) is 0 Å². The number of hydrogen-bond donors (Lipinski definition) is 3. The van der Waals surface area contributed by atoms with Crippen molar-refractivity contribution in [2.75, 3.05) is 35.6 Å². The zero-order valence-corrected chi connectivity index (χ0v) is 15.8. The molecule has 1 saturated carbocycles. The number of aromatic nitrogens is 2. The molecule has 0 radical (unpaired) electrons. The predicted molar refractivity (Wildman–Crippen MR) is 107 cm³/mol. The van der Waals surface area contributed by atoms with Crippen LogP contribution >= 0.6 is 0 Å². The lowest BCUT2D eigenvalue weighted by Gasteiger charge is -2.37. The second-order valence-electron chi connectivity index (χ2n) is 8.60. The van der Waals surface area contributed by atoms with Gasteiger partial charge in [-0.05, 0) is 42.0 Å². The van der Waals surface area contributed by atoms with Gasteiger partial charge in [-0.15, -0.1) is 0 Å². The van der Waals surface area contributed by atoms with Crippen LogP contribution in [0, 0.1) is 11.3 Å². The first-order valence-corrected chi connectivity index (χ1v) is 9.31. The number of pyridine rings is 2. The summed E-state index contributed by atoms with van der Waals surface area (Å²) >= 11 is 0. The maximum Gasteiger partial charge on any atom is 0.156 e. The van der Waals surface area contributed by atoms with E-state index in [4.69, 9.17) is 10.7 Å². The number of nitrogens with zero attached hydrogens (tertiary/aromatic N) is 3. The Labute approximate surface area is 155 Å². The molecular formula is C20H28N6. The van der Waals surface area contributed by atoms with Gasteiger partial charge in [0.15, 0.2) is 5.82 Å². The van der Waals surface area contributed by atoms with E-state index in [1.165, 1.54) is 6.42 Å². The van der Waals surface area contributed by atoms with Crippen molar-refractivity contribution in [2.24, 2.45) is 11.3 Å². The summed E-state index contributed by atoms with van der Waals surface area (Å²) in [4.78, 5) is 11.2. The Balaban J connectivity index is 1.54. The molecule has 2 fully saturated rings. The van der Waals surface area contributed by atoms with Crippen LogP contribution in [0.1, 0.15) is 27.2 Å². The summed E-state index contributed by atoms with van der Waals surface area (Å²) in [5, 5.41) is 7.08. The van der Waals surface area contributed by atoms with Crippen LogP contribution in [0.4, 0.5) is 23.0 Å². The molecule has 2 aromatic heterocycles. The first-order valence-electron chi connectivity index (χ1n) is 9.31. The van der Waals surface area contributed by atoms with Crippen molar-refractivity contribution in [3.05, 3.63) is 36.7 Å². The number of rotatable bonds is 3. The Kier molecular flexibility index (Phi) is 4.03. The predicted octanol–water partition coefficient (Wildman–Crippen LogP) is 3.02. The average molecular weight is 352 g/mol. The van der Waals surface area contributed by atoms with Gasteiger partial charge in [0.05, 0.1) is 5.69 Å². The van der Waals surface area contributed by atoms with Crippen LogP contribution in [0.15, 0.2) is 36.7 Å². The largest absolute Gasteiger partial charge is 0.396 e. The molecule has 1 spiro atoms. The van der Waals surface area contributed by atoms with Crippen LogP contribution in [0.3, 0.4) is 0 Å². The zero-order chi connectivity index (χ0) is 18.4. The number of nitrogen functional groups attached to an aromatic ring is 1. The highest BCUT2D eigenvalue weighted by molar-refractivity contribution is 5.70. The lowest BCUT2D eigenvalue weighted by molar-refractivity contribution is 0.282. The van der Waals surface area contributed by atoms with Crippen LogP contribution in [-0.2, 0) is 0 Å². The number of nitrogens with two attached hydrogens (primary N) is 1. The summed E-state index contributed by atoms with van der Waals surface area (Å²) in [6, 6.07) is 7.78. The minimum Gasteiger partial charge on any atom is -0.396 e. The molecule has 26 heavy (non-hydrogen) atoms. The van der Waals surface area contributed by atoms with Crippen molar-refractivity contribution < 1.29 is 0 Å². The molecule has 0 aromatic carbocycles. The zero-order valence-electron chi connectivity index (χ0n) is 15.8. The van der Waals surface area contributed by atoms with Gasteiger partial charge in [0.1, 0.15) is 5.82 Å². The summed E-state index contributed by atoms with van der Waals surface area (Å²) in [6.45, 7) is 9.97. The van der Waals surface area contributed by atoms with E-state index >= 15 is 0 Å². The molecule has 6 heteroatoms. The smallest absolute Gasteiger partial charge is 0.156 e. The fraction of sp³-hybridized carbons (Fsp3) is 0.500. The molecule has 2 atom stereocenters. The van der Waals surface area contributed by atoms with E-state index in [9.17, 15) is 0 Å². The molecule has 138 valence electrons. The Morgan fingerprint density at radius 3 is 2.69 bits per heavy atom. The third kappa shape index (κ3) is 3.21. The Bertz CT molecular complexity index is 785. The van der Waals surface area contributed by atoms with Crippen molar-refractivity contribution in [3.8, 4) is 0 Å². The number of hydrogen-bond acceptors (Lipinski definition) is 6. The van der Waals surface area contributed by atoms with Crippen LogP contribution < -0.4 is 21.3 Å². The summed E-state index contributed by atoms with van der Waals surface area (Å²) in [7, 11) is 0. The summed E-state index contributed by atoms with van der Waals surface area (Å²) in [6.07, 6.45) is 4.74. The van der Waals surface area contributed by atoms with Crippen LogP contribution in [0.5, 0.6) is 0 Å². The molecule has 0 bridgehead atoms. The van der Waals surface area contributed by atoms with Gasteiger partial charge in [-0.25, -0.2) is 4.98 Å². The third-order valence-corrected chi connectivity index (χ3v) is 5.63. The second-order valence-corrected chi connectivity index (χ2v) is 8.60. The van der Waals surface area contributed by atoms with Crippen molar-refractivity contribution in [1.29, 1.82) is 0 Å². The molecular weight excluding hydrogens is 324 g/mol. The lowest BCUT2D eigenvalue weighted by atomic mass is 9.86. The van der Waals surface area contributed by atoms with Crippen LogP contribution in [0.25, 0.3) is 0 Å². The molecule has 2 aromatic rings. The van der Waals surface area contributed by atoms with Crippen molar-refractivity contribution in [1.82, 2.24) is 15.3 Å². The highest BCUT2D eigenvalue weighted by atomic mass is 15.3. The van der Waals surface area contributed by atoms with Gasteiger partial charge in [0, 0.05) is 43.3 Å². The van der Waals surface area contributed by atoms with Crippen molar-refractivity contribution in [2.45, 2.75) is 32.7 Å². The van der Waals surface area contributed by atoms with E-state index in [1.54, 1.807) is 12.4 Å². The standard InChI is InChI=1S/C20H28N6/c1-19(2,3)16-12-20(16)13-26(11-10-23-20)17-5-4-15(21)18(25-17)24-14-6-8-22-9-7-14/h4-9,16,23H,10-13,21H2,1-3H3,(H,22,24,25). The van der Waals surface area contributed by atoms with Gasteiger partial charge in [-0.3, -0.25) is 4.98 Å². The monoisotopic (exact) mass is 352 g/mol. The Morgan fingerprint density at radius 1 is 1.23 bits per heavy atom. The molecule has 3 heterocycles. The van der Waals surface area contributed by atoms with Gasteiger partial charge in [-0.1, -0.05) is 20.8 Å². The van der Waals surface area contributed by atoms with Gasteiger partial charge < -0.3 is 21.3 Å². The maximum absolute atomic E-state index is 6.14. The highest BCUT2D eigenvalue weighted by Gasteiger charge is 2.60. The van der Waals surface area contributed by atoms with Crippen LogP contribution in [-0.4, -0.2) is 35.1 Å². The van der Waals surface area contributed by atoms with E-state index in [2.05, 4.69) is 41.3 Å². The number of piperazine rings is 1. The SMILES string of the molecule is CC(C)(C)C1CC12CN(c1ccc(N)c(Nc3ccncc3)n1)CCN2.